The summed E-state index contributed by atoms with van der Waals surface area (Å²) in [5, 5.41) is 12.6. The number of nitrogens with zero attached hydrogens (tertiary/aromatic N) is 4. The van der Waals surface area contributed by atoms with E-state index in [0.717, 1.165) is 0 Å². The summed E-state index contributed by atoms with van der Waals surface area (Å²) in [6.45, 7) is 0. The van der Waals surface area contributed by atoms with E-state index in [1.54, 1.807) is 18.2 Å². The number of anilines is 1. The number of rotatable bonds is 2. The summed E-state index contributed by atoms with van der Waals surface area (Å²) in [4.78, 5) is 15.0. The zero-order valence-electron chi connectivity index (χ0n) is 8.66. The number of nitriles is 1. The molecule has 0 atom stereocenters. The molecule has 0 saturated carbocycles. The molecular weight excluding hydrogens is 220 g/mol. The van der Waals surface area contributed by atoms with Crippen LogP contribution >= 0.6 is 0 Å². The predicted octanol–water partition coefficient (Wildman–Crippen LogP) is -0.180. The van der Waals surface area contributed by atoms with Gasteiger partial charge < -0.3 is 11.5 Å². The van der Waals surface area contributed by atoms with Crippen LogP contribution in [0.3, 0.4) is 0 Å². The van der Waals surface area contributed by atoms with Crippen LogP contribution in [0.5, 0.6) is 0 Å². The van der Waals surface area contributed by atoms with E-state index in [-0.39, 0.29) is 17.1 Å². The second kappa shape index (κ2) is 3.94. The Morgan fingerprint density at radius 3 is 2.82 bits per heavy atom. The van der Waals surface area contributed by atoms with Crippen LogP contribution < -0.4 is 11.5 Å². The van der Waals surface area contributed by atoms with E-state index in [4.69, 9.17) is 16.7 Å². The van der Waals surface area contributed by atoms with E-state index in [2.05, 4.69) is 10.1 Å². The van der Waals surface area contributed by atoms with Crippen molar-refractivity contribution in [2.45, 2.75) is 0 Å². The maximum atomic E-state index is 11.0. The number of pyridine rings is 1. The number of nitrogens with two attached hydrogens (primary N) is 2. The lowest BCUT2D eigenvalue weighted by Crippen LogP contribution is -2.14. The second-order valence-corrected chi connectivity index (χ2v) is 3.23. The topological polar surface area (TPSA) is 124 Å². The lowest BCUT2D eigenvalue weighted by molar-refractivity contribution is 0.0996. The third-order valence-electron chi connectivity index (χ3n) is 2.06. The zero-order chi connectivity index (χ0) is 12.4. The van der Waals surface area contributed by atoms with Crippen molar-refractivity contribution < 1.29 is 4.79 Å². The molecule has 0 aromatic carbocycles. The number of hydrogen-bond donors (Lipinski definition) is 2. The molecule has 0 aliphatic carbocycles. The van der Waals surface area contributed by atoms with Crippen LogP contribution in [-0.2, 0) is 0 Å². The van der Waals surface area contributed by atoms with Gasteiger partial charge in [0.1, 0.15) is 11.8 Å². The molecule has 2 rings (SSSR count). The third-order valence-corrected chi connectivity index (χ3v) is 2.06. The highest BCUT2D eigenvalue weighted by molar-refractivity contribution is 5.95. The molecule has 0 spiro atoms. The molecule has 84 valence electrons. The molecule has 0 fully saturated rings. The van der Waals surface area contributed by atoms with E-state index >= 15 is 0 Å². The quantitative estimate of drug-likeness (QED) is 0.737. The molecule has 0 aliphatic rings. The van der Waals surface area contributed by atoms with Crippen molar-refractivity contribution in [3.05, 3.63) is 35.8 Å². The summed E-state index contributed by atoms with van der Waals surface area (Å²) in [6.07, 6.45) is 1.42. The summed E-state index contributed by atoms with van der Waals surface area (Å²) in [5.41, 5.74) is 11.1. The Hall–Kier alpha value is -2.88. The standard InChI is InChI=1S/C10H8N6O/c11-4-6-2-1-3-8(14-6)16-5-7(12)9(15-16)10(13)17/h1-3,5H,12H2,(H2,13,17). The molecule has 7 nitrogen and oxygen atoms in total. The van der Waals surface area contributed by atoms with E-state index in [9.17, 15) is 4.79 Å². The Bertz CT molecular complexity index is 624. The van der Waals surface area contributed by atoms with Gasteiger partial charge in [-0.15, -0.1) is 0 Å². The Labute approximate surface area is 96.3 Å². The summed E-state index contributed by atoms with van der Waals surface area (Å²) < 4.78 is 1.30. The predicted molar refractivity (Wildman–Crippen MR) is 59.0 cm³/mol. The first-order valence-electron chi connectivity index (χ1n) is 4.64. The van der Waals surface area contributed by atoms with Crippen molar-refractivity contribution in [1.29, 1.82) is 5.26 Å². The van der Waals surface area contributed by atoms with Crippen molar-refractivity contribution in [3.8, 4) is 11.9 Å². The third kappa shape index (κ3) is 1.91. The number of primary amides is 1. The van der Waals surface area contributed by atoms with Gasteiger partial charge >= 0.3 is 0 Å². The van der Waals surface area contributed by atoms with Gasteiger partial charge in [-0.2, -0.15) is 10.4 Å². The van der Waals surface area contributed by atoms with Crippen LogP contribution in [0.2, 0.25) is 0 Å². The minimum Gasteiger partial charge on any atom is -0.396 e. The number of carbonyl (C=O) groups is 1. The first kappa shape index (κ1) is 10.6. The molecule has 2 aromatic rings. The highest BCUT2D eigenvalue weighted by Gasteiger charge is 2.12. The highest BCUT2D eigenvalue weighted by Crippen LogP contribution is 2.12. The summed E-state index contributed by atoms with van der Waals surface area (Å²) in [7, 11) is 0. The Kier molecular flexibility index (Phi) is 2.46. The number of carbonyl (C=O) groups excluding carboxylic acids is 1. The first-order chi connectivity index (χ1) is 8.11. The van der Waals surface area contributed by atoms with Gasteiger partial charge in [0, 0.05) is 0 Å². The van der Waals surface area contributed by atoms with E-state index in [0.29, 0.717) is 5.82 Å². The van der Waals surface area contributed by atoms with Crippen LogP contribution in [0.25, 0.3) is 5.82 Å². The van der Waals surface area contributed by atoms with Crippen LogP contribution in [0, 0.1) is 11.3 Å². The first-order valence-corrected chi connectivity index (χ1v) is 4.64. The zero-order valence-corrected chi connectivity index (χ0v) is 8.66. The van der Waals surface area contributed by atoms with Gasteiger partial charge in [0.25, 0.3) is 5.91 Å². The van der Waals surface area contributed by atoms with E-state index < -0.39 is 5.91 Å². The number of nitrogen functional groups attached to an aromatic ring is 1. The van der Waals surface area contributed by atoms with Gasteiger partial charge in [-0.1, -0.05) is 6.07 Å². The van der Waals surface area contributed by atoms with E-state index in [1.807, 2.05) is 6.07 Å². The summed E-state index contributed by atoms with van der Waals surface area (Å²) in [6, 6.07) is 6.76. The lowest BCUT2D eigenvalue weighted by atomic mass is 10.3. The maximum Gasteiger partial charge on any atom is 0.271 e. The van der Waals surface area contributed by atoms with Gasteiger partial charge in [-0.05, 0) is 12.1 Å². The molecule has 17 heavy (non-hydrogen) atoms. The van der Waals surface area contributed by atoms with Crippen molar-refractivity contribution in [2.75, 3.05) is 5.73 Å². The minimum absolute atomic E-state index is 0.0193. The molecular formula is C10H8N6O. The maximum absolute atomic E-state index is 11.0. The van der Waals surface area contributed by atoms with Crippen molar-refractivity contribution in [2.24, 2.45) is 5.73 Å². The Balaban J connectivity index is 2.50. The van der Waals surface area contributed by atoms with Crippen molar-refractivity contribution in [1.82, 2.24) is 14.8 Å². The average molecular weight is 228 g/mol. The van der Waals surface area contributed by atoms with Gasteiger partial charge in [0.05, 0.1) is 11.9 Å². The molecule has 0 aliphatic heterocycles. The normalized spacial score (nSPS) is 9.82. The minimum atomic E-state index is -0.710. The lowest BCUT2D eigenvalue weighted by Gasteiger charge is -1.98. The average Bonchev–Trinajstić information content (AvgIpc) is 2.71. The smallest absolute Gasteiger partial charge is 0.271 e. The fraction of sp³-hybridized carbons (Fsp3) is 0. The Morgan fingerprint density at radius 2 is 2.24 bits per heavy atom. The monoisotopic (exact) mass is 228 g/mol. The molecule has 0 bridgehead atoms. The SMILES string of the molecule is N#Cc1cccc(-n2cc(N)c(C(N)=O)n2)n1. The largest absolute Gasteiger partial charge is 0.396 e. The van der Waals surface area contributed by atoms with Crippen LogP contribution in [0.15, 0.2) is 24.4 Å². The van der Waals surface area contributed by atoms with Crippen LogP contribution in [0.4, 0.5) is 5.69 Å². The number of amides is 1. The van der Waals surface area contributed by atoms with E-state index in [1.165, 1.54) is 10.9 Å². The van der Waals surface area contributed by atoms with Gasteiger partial charge in [0.2, 0.25) is 0 Å². The van der Waals surface area contributed by atoms with Crippen LogP contribution in [-0.4, -0.2) is 20.7 Å². The number of hydrogen-bond acceptors (Lipinski definition) is 5. The molecule has 0 saturated heterocycles. The molecule has 0 unspecified atom stereocenters. The number of aromatic nitrogens is 3. The van der Waals surface area contributed by atoms with Crippen LogP contribution in [0.1, 0.15) is 16.2 Å². The molecule has 0 radical (unpaired) electrons. The molecule has 2 heterocycles. The van der Waals surface area contributed by atoms with Crippen molar-refractivity contribution in [3.63, 3.8) is 0 Å². The molecule has 1 amide bonds. The van der Waals surface area contributed by atoms with Gasteiger partial charge in [0.15, 0.2) is 11.5 Å². The highest BCUT2D eigenvalue weighted by atomic mass is 16.1. The summed E-state index contributed by atoms with van der Waals surface area (Å²) >= 11 is 0. The molecule has 4 N–H and O–H groups in total. The van der Waals surface area contributed by atoms with Crippen molar-refractivity contribution >= 4 is 11.6 Å². The fourth-order valence-electron chi connectivity index (χ4n) is 1.31. The summed E-state index contributed by atoms with van der Waals surface area (Å²) in [5.74, 6) is -0.319. The molecule has 2 aromatic heterocycles. The fourth-order valence-corrected chi connectivity index (χ4v) is 1.31. The Morgan fingerprint density at radius 1 is 1.47 bits per heavy atom. The molecule has 7 heteroatoms. The van der Waals surface area contributed by atoms with Gasteiger partial charge in [-0.25, -0.2) is 9.67 Å². The van der Waals surface area contributed by atoms with Gasteiger partial charge in [-0.3, -0.25) is 4.79 Å². The second-order valence-electron chi connectivity index (χ2n) is 3.23.